The van der Waals surface area contributed by atoms with Crippen LogP contribution in [0.3, 0.4) is 0 Å². The van der Waals surface area contributed by atoms with Gasteiger partial charge in [0, 0.05) is 13.0 Å². The minimum atomic E-state index is 0.0215. The third kappa shape index (κ3) is 4.54. The molecule has 0 bridgehead atoms. The number of nitrogens with zero attached hydrogens (tertiary/aromatic N) is 1. The molecule has 1 N–H and O–H groups in total. The number of nitrogens with one attached hydrogen (secondary N) is 1. The molecule has 0 aliphatic carbocycles. The first-order valence-electron chi connectivity index (χ1n) is 8.48. The van der Waals surface area contributed by atoms with E-state index in [9.17, 15) is 4.79 Å². The molecule has 6 heteroatoms. The molecule has 0 saturated carbocycles. The van der Waals surface area contributed by atoms with Crippen LogP contribution >= 0.6 is 0 Å². The van der Waals surface area contributed by atoms with Gasteiger partial charge in [-0.2, -0.15) is 0 Å². The Bertz CT molecular complexity index is 697. The predicted octanol–water partition coefficient (Wildman–Crippen LogP) is 2.40. The fourth-order valence-electron chi connectivity index (χ4n) is 2.82. The Balaban J connectivity index is 1.49. The van der Waals surface area contributed by atoms with E-state index in [4.69, 9.17) is 13.9 Å². The number of benzene rings is 1. The molecular weight excluding hydrogens is 320 g/mol. The fraction of sp³-hybridized carbons (Fsp3) is 0.421. The molecule has 2 aromatic rings. The number of amides is 1. The van der Waals surface area contributed by atoms with Gasteiger partial charge in [-0.25, -0.2) is 0 Å². The van der Waals surface area contributed by atoms with Gasteiger partial charge in [0.1, 0.15) is 19.0 Å². The SMILES string of the molecule is CN(C)C(CNC(=O)CCc1ccc2c(c1)OCCO2)c1ccco1. The van der Waals surface area contributed by atoms with E-state index in [1.807, 2.05) is 49.3 Å². The number of rotatable bonds is 7. The van der Waals surface area contributed by atoms with Crippen molar-refractivity contribution in [3.8, 4) is 11.5 Å². The Labute approximate surface area is 147 Å². The Hall–Kier alpha value is -2.47. The lowest BCUT2D eigenvalue weighted by molar-refractivity contribution is -0.121. The number of furan rings is 1. The zero-order valence-electron chi connectivity index (χ0n) is 14.7. The van der Waals surface area contributed by atoms with E-state index < -0.39 is 0 Å². The fourth-order valence-corrected chi connectivity index (χ4v) is 2.82. The quantitative estimate of drug-likeness (QED) is 0.836. The van der Waals surface area contributed by atoms with Gasteiger partial charge in [-0.05, 0) is 50.3 Å². The van der Waals surface area contributed by atoms with Crippen molar-refractivity contribution in [1.82, 2.24) is 10.2 Å². The molecule has 2 heterocycles. The summed E-state index contributed by atoms with van der Waals surface area (Å²) in [6, 6.07) is 9.63. The first-order chi connectivity index (χ1) is 12.1. The number of carbonyl (C=O) groups is 1. The molecule has 25 heavy (non-hydrogen) atoms. The summed E-state index contributed by atoms with van der Waals surface area (Å²) >= 11 is 0. The van der Waals surface area contributed by atoms with Crippen molar-refractivity contribution in [2.24, 2.45) is 0 Å². The van der Waals surface area contributed by atoms with Crippen LogP contribution in [0.1, 0.15) is 23.8 Å². The topological polar surface area (TPSA) is 63.9 Å². The molecule has 1 aromatic carbocycles. The maximum Gasteiger partial charge on any atom is 0.220 e. The number of carbonyl (C=O) groups excluding carboxylic acids is 1. The van der Waals surface area contributed by atoms with Crippen LogP contribution < -0.4 is 14.8 Å². The first-order valence-corrected chi connectivity index (χ1v) is 8.48. The summed E-state index contributed by atoms with van der Waals surface area (Å²) in [5.41, 5.74) is 1.06. The average Bonchev–Trinajstić information content (AvgIpc) is 3.14. The number of aryl methyl sites for hydroxylation is 1. The number of fused-ring (bicyclic) bond motifs is 1. The van der Waals surface area contributed by atoms with Crippen LogP contribution in [0.2, 0.25) is 0 Å². The summed E-state index contributed by atoms with van der Waals surface area (Å²) in [5, 5.41) is 2.99. The molecule has 6 nitrogen and oxygen atoms in total. The van der Waals surface area contributed by atoms with E-state index in [0.29, 0.717) is 32.6 Å². The molecular formula is C19H24N2O4. The lowest BCUT2D eigenvalue weighted by Crippen LogP contribution is -2.34. The molecule has 1 aromatic heterocycles. The van der Waals surface area contributed by atoms with Gasteiger partial charge < -0.3 is 19.2 Å². The van der Waals surface area contributed by atoms with Crippen LogP contribution in [-0.2, 0) is 11.2 Å². The minimum Gasteiger partial charge on any atom is -0.486 e. The molecule has 0 fully saturated rings. The highest BCUT2D eigenvalue weighted by Gasteiger charge is 2.18. The Kier molecular flexibility index (Phi) is 5.60. The molecule has 0 radical (unpaired) electrons. The normalized spacial score (nSPS) is 14.4. The average molecular weight is 344 g/mol. The Morgan fingerprint density at radius 1 is 1.20 bits per heavy atom. The smallest absolute Gasteiger partial charge is 0.220 e. The van der Waals surface area contributed by atoms with Crippen LogP contribution in [-0.4, -0.2) is 44.7 Å². The first kappa shape index (κ1) is 17.4. The molecule has 1 aliphatic rings. The number of hydrogen-bond acceptors (Lipinski definition) is 5. The summed E-state index contributed by atoms with van der Waals surface area (Å²) < 4.78 is 16.5. The number of likely N-dealkylation sites (N-methyl/N-ethyl adjacent to an activating group) is 1. The van der Waals surface area contributed by atoms with Gasteiger partial charge in [0.25, 0.3) is 0 Å². The summed E-state index contributed by atoms with van der Waals surface area (Å²) in [5.74, 6) is 2.40. The molecule has 134 valence electrons. The van der Waals surface area contributed by atoms with Crippen LogP contribution in [0.4, 0.5) is 0 Å². The van der Waals surface area contributed by atoms with Crippen LogP contribution in [0.15, 0.2) is 41.0 Å². The molecule has 1 amide bonds. The van der Waals surface area contributed by atoms with Crippen LogP contribution in [0, 0.1) is 0 Å². The van der Waals surface area contributed by atoms with E-state index >= 15 is 0 Å². The highest BCUT2D eigenvalue weighted by molar-refractivity contribution is 5.76. The van der Waals surface area contributed by atoms with E-state index in [1.54, 1.807) is 6.26 Å². The Morgan fingerprint density at radius 2 is 2.00 bits per heavy atom. The predicted molar refractivity (Wildman–Crippen MR) is 93.9 cm³/mol. The van der Waals surface area contributed by atoms with Gasteiger partial charge in [-0.1, -0.05) is 6.07 Å². The van der Waals surface area contributed by atoms with Gasteiger partial charge in [0.05, 0.1) is 12.3 Å². The van der Waals surface area contributed by atoms with Gasteiger partial charge in [0.15, 0.2) is 11.5 Å². The number of hydrogen-bond donors (Lipinski definition) is 1. The summed E-state index contributed by atoms with van der Waals surface area (Å²) in [6.07, 6.45) is 2.74. The van der Waals surface area contributed by atoms with E-state index in [-0.39, 0.29) is 11.9 Å². The van der Waals surface area contributed by atoms with Gasteiger partial charge >= 0.3 is 0 Å². The second-order valence-corrected chi connectivity index (χ2v) is 6.28. The van der Waals surface area contributed by atoms with Crippen molar-refractivity contribution < 1.29 is 18.7 Å². The van der Waals surface area contributed by atoms with E-state index in [2.05, 4.69) is 5.32 Å². The molecule has 1 unspecified atom stereocenters. The van der Waals surface area contributed by atoms with E-state index in [1.165, 1.54) is 0 Å². The third-order valence-corrected chi connectivity index (χ3v) is 4.23. The second kappa shape index (κ2) is 8.07. The van der Waals surface area contributed by atoms with Crippen LogP contribution in [0.25, 0.3) is 0 Å². The Morgan fingerprint density at radius 3 is 2.72 bits per heavy atom. The molecule has 0 saturated heterocycles. The van der Waals surface area contributed by atoms with Crippen molar-refractivity contribution >= 4 is 5.91 Å². The highest BCUT2D eigenvalue weighted by atomic mass is 16.6. The largest absolute Gasteiger partial charge is 0.486 e. The second-order valence-electron chi connectivity index (χ2n) is 6.28. The molecule has 1 aliphatic heterocycles. The zero-order chi connectivity index (χ0) is 17.6. The third-order valence-electron chi connectivity index (χ3n) is 4.23. The maximum atomic E-state index is 12.2. The van der Waals surface area contributed by atoms with Crippen LogP contribution in [0.5, 0.6) is 11.5 Å². The van der Waals surface area contributed by atoms with Gasteiger partial charge in [0.2, 0.25) is 5.91 Å². The van der Waals surface area contributed by atoms with Gasteiger partial charge in [-0.3, -0.25) is 9.69 Å². The molecule has 1 atom stereocenters. The van der Waals surface area contributed by atoms with Crippen molar-refractivity contribution in [1.29, 1.82) is 0 Å². The monoisotopic (exact) mass is 344 g/mol. The van der Waals surface area contributed by atoms with Crippen molar-refractivity contribution in [3.63, 3.8) is 0 Å². The van der Waals surface area contributed by atoms with Crippen molar-refractivity contribution in [2.45, 2.75) is 18.9 Å². The summed E-state index contributed by atoms with van der Waals surface area (Å²) in [7, 11) is 3.93. The summed E-state index contributed by atoms with van der Waals surface area (Å²) in [6.45, 7) is 1.66. The molecule has 0 spiro atoms. The minimum absolute atomic E-state index is 0.0215. The zero-order valence-corrected chi connectivity index (χ0v) is 14.7. The van der Waals surface area contributed by atoms with Crippen molar-refractivity contribution in [2.75, 3.05) is 33.9 Å². The lowest BCUT2D eigenvalue weighted by atomic mass is 10.1. The summed E-state index contributed by atoms with van der Waals surface area (Å²) in [4.78, 5) is 14.2. The lowest BCUT2D eigenvalue weighted by Gasteiger charge is -2.22. The highest BCUT2D eigenvalue weighted by Crippen LogP contribution is 2.31. The maximum absolute atomic E-state index is 12.2. The number of ether oxygens (including phenoxy) is 2. The molecule has 3 rings (SSSR count). The standard InChI is InChI=1S/C19H24N2O4/c1-21(2)15(16-4-3-9-23-16)13-20-19(22)8-6-14-5-7-17-18(12-14)25-11-10-24-17/h3-5,7,9,12,15H,6,8,10-11,13H2,1-2H3,(H,20,22). The van der Waals surface area contributed by atoms with Gasteiger partial charge in [-0.15, -0.1) is 0 Å². The van der Waals surface area contributed by atoms with Crippen molar-refractivity contribution in [3.05, 3.63) is 47.9 Å². The van der Waals surface area contributed by atoms with E-state index in [0.717, 1.165) is 22.8 Å².